The van der Waals surface area contributed by atoms with Crippen molar-refractivity contribution in [2.75, 3.05) is 52.4 Å². The molecule has 0 aromatic carbocycles. The lowest BCUT2D eigenvalue weighted by Crippen LogP contribution is -2.51. The molecule has 0 radical (unpaired) electrons. The van der Waals surface area contributed by atoms with Gasteiger partial charge in [-0.05, 0) is 24.3 Å². The molecule has 3 nitrogen and oxygen atoms in total. The Labute approximate surface area is 120 Å². The molecule has 0 amide bonds. The molecule has 3 heteroatoms. The molecule has 1 aliphatic rings. The van der Waals surface area contributed by atoms with Crippen molar-refractivity contribution in [1.82, 2.24) is 15.1 Å². The maximum atomic E-state index is 3.53. The normalized spacial score (nSPS) is 21.8. The minimum absolute atomic E-state index is 0.427. The fourth-order valence-corrected chi connectivity index (χ4v) is 2.91. The molecule has 1 fully saturated rings. The van der Waals surface area contributed by atoms with Crippen LogP contribution in [0.1, 0.15) is 41.0 Å². The molecule has 114 valence electrons. The molecule has 1 aliphatic heterocycles. The first-order valence-electron chi connectivity index (χ1n) is 8.14. The van der Waals surface area contributed by atoms with Gasteiger partial charge in [0.05, 0.1) is 0 Å². The van der Waals surface area contributed by atoms with Crippen LogP contribution in [0.5, 0.6) is 0 Å². The van der Waals surface area contributed by atoms with Crippen molar-refractivity contribution >= 4 is 0 Å². The molecule has 1 rings (SSSR count). The average molecular weight is 269 g/mol. The van der Waals surface area contributed by atoms with Crippen molar-refractivity contribution in [2.45, 2.75) is 41.0 Å². The number of piperazine rings is 1. The third-order valence-electron chi connectivity index (χ3n) is 4.35. The molecule has 1 atom stereocenters. The summed E-state index contributed by atoms with van der Waals surface area (Å²) in [6.07, 6.45) is 1.26. The second-order valence-electron chi connectivity index (χ2n) is 6.92. The molecular weight excluding hydrogens is 234 g/mol. The van der Waals surface area contributed by atoms with Crippen LogP contribution in [0.15, 0.2) is 0 Å². The van der Waals surface area contributed by atoms with E-state index in [1.807, 2.05) is 0 Å². The second kappa shape index (κ2) is 8.23. The molecule has 0 spiro atoms. The zero-order chi connectivity index (χ0) is 14.3. The highest BCUT2D eigenvalue weighted by Crippen LogP contribution is 2.22. The lowest BCUT2D eigenvalue weighted by Gasteiger charge is -2.40. The minimum atomic E-state index is 0.427. The largest absolute Gasteiger partial charge is 0.316 e. The molecule has 0 aromatic rings. The molecule has 1 heterocycles. The van der Waals surface area contributed by atoms with Crippen LogP contribution in [0.3, 0.4) is 0 Å². The van der Waals surface area contributed by atoms with Gasteiger partial charge in [-0.25, -0.2) is 0 Å². The molecule has 0 bridgehead atoms. The van der Waals surface area contributed by atoms with E-state index in [-0.39, 0.29) is 0 Å². The van der Waals surface area contributed by atoms with Gasteiger partial charge in [0, 0.05) is 45.8 Å². The Morgan fingerprint density at radius 1 is 1.05 bits per heavy atom. The number of hydrogen-bond donors (Lipinski definition) is 1. The van der Waals surface area contributed by atoms with Crippen molar-refractivity contribution in [1.29, 1.82) is 0 Å². The summed E-state index contributed by atoms with van der Waals surface area (Å²) in [5.74, 6) is 0.793. The SMILES string of the molecule is CCNCC(C)(CC)CN1CCN(CC(C)C)CC1. The van der Waals surface area contributed by atoms with Crippen molar-refractivity contribution in [3.8, 4) is 0 Å². The summed E-state index contributed by atoms with van der Waals surface area (Å²) in [6, 6.07) is 0. The summed E-state index contributed by atoms with van der Waals surface area (Å²) >= 11 is 0. The fraction of sp³-hybridized carbons (Fsp3) is 1.00. The van der Waals surface area contributed by atoms with Crippen molar-refractivity contribution < 1.29 is 0 Å². The Balaban J connectivity index is 2.34. The van der Waals surface area contributed by atoms with Gasteiger partial charge in [0.2, 0.25) is 0 Å². The van der Waals surface area contributed by atoms with E-state index in [1.54, 1.807) is 0 Å². The summed E-state index contributed by atoms with van der Waals surface area (Å²) < 4.78 is 0. The Kier molecular flexibility index (Phi) is 7.33. The van der Waals surface area contributed by atoms with Crippen LogP contribution in [0, 0.1) is 11.3 Å². The van der Waals surface area contributed by atoms with Gasteiger partial charge in [0.25, 0.3) is 0 Å². The molecule has 0 saturated carbocycles. The average Bonchev–Trinajstić information content (AvgIpc) is 2.38. The number of rotatable bonds is 8. The summed E-state index contributed by atoms with van der Waals surface area (Å²) in [4.78, 5) is 5.28. The predicted octanol–water partition coefficient (Wildman–Crippen LogP) is 2.29. The van der Waals surface area contributed by atoms with Gasteiger partial charge in [-0.15, -0.1) is 0 Å². The molecule has 1 N–H and O–H groups in total. The van der Waals surface area contributed by atoms with E-state index in [9.17, 15) is 0 Å². The molecule has 0 aromatic heterocycles. The van der Waals surface area contributed by atoms with E-state index < -0.39 is 0 Å². The van der Waals surface area contributed by atoms with E-state index in [4.69, 9.17) is 0 Å². The van der Waals surface area contributed by atoms with Gasteiger partial charge in [-0.3, -0.25) is 0 Å². The Bertz CT molecular complexity index is 234. The van der Waals surface area contributed by atoms with E-state index in [0.717, 1.165) is 19.0 Å². The highest BCUT2D eigenvalue weighted by molar-refractivity contribution is 4.82. The van der Waals surface area contributed by atoms with Crippen LogP contribution in [0.2, 0.25) is 0 Å². The Hall–Kier alpha value is -0.120. The van der Waals surface area contributed by atoms with Crippen LogP contribution < -0.4 is 5.32 Å². The maximum absolute atomic E-state index is 3.53. The van der Waals surface area contributed by atoms with Crippen molar-refractivity contribution in [2.24, 2.45) is 11.3 Å². The number of nitrogens with one attached hydrogen (secondary N) is 1. The first-order chi connectivity index (χ1) is 8.99. The van der Waals surface area contributed by atoms with Crippen LogP contribution in [0.25, 0.3) is 0 Å². The van der Waals surface area contributed by atoms with Gasteiger partial charge >= 0.3 is 0 Å². The zero-order valence-corrected chi connectivity index (χ0v) is 13.8. The monoisotopic (exact) mass is 269 g/mol. The Morgan fingerprint density at radius 2 is 1.63 bits per heavy atom. The maximum Gasteiger partial charge on any atom is 0.0110 e. The highest BCUT2D eigenvalue weighted by atomic mass is 15.3. The van der Waals surface area contributed by atoms with E-state index in [2.05, 4.69) is 49.7 Å². The smallest absolute Gasteiger partial charge is 0.0110 e. The standard InChI is InChI=1S/C16H35N3/c1-6-16(5,13-17-7-2)14-19-10-8-18(9-11-19)12-15(3)4/h15,17H,6-14H2,1-5H3. The number of hydrogen-bond acceptors (Lipinski definition) is 3. The lowest BCUT2D eigenvalue weighted by atomic mass is 9.86. The van der Waals surface area contributed by atoms with E-state index >= 15 is 0 Å². The van der Waals surface area contributed by atoms with E-state index in [1.165, 1.54) is 45.7 Å². The van der Waals surface area contributed by atoms with Crippen LogP contribution in [0.4, 0.5) is 0 Å². The van der Waals surface area contributed by atoms with Crippen molar-refractivity contribution in [3.63, 3.8) is 0 Å². The topological polar surface area (TPSA) is 18.5 Å². The van der Waals surface area contributed by atoms with Gasteiger partial charge in [0.15, 0.2) is 0 Å². The first-order valence-corrected chi connectivity index (χ1v) is 8.14. The van der Waals surface area contributed by atoms with E-state index in [0.29, 0.717) is 5.41 Å². The van der Waals surface area contributed by atoms with Crippen molar-refractivity contribution in [3.05, 3.63) is 0 Å². The van der Waals surface area contributed by atoms with Gasteiger partial charge in [-0.2, -0.15) is 0 Å². The lowest BCUT2D eigenvalue weighted by molar-refractivity contribution is 0.0828. The van der Waals surface area contributed by atoms with Crippen LogP contribution in [-0.2, 0) is 0 Å². The molecule has 1 unspecified atom stereocenters. The Morgan fingerprint density at radius 3 is 2.11 bits per heavy atom. The summed E-state index contributed by atoms with van der Waals surface area (Å²) in [6.45, 7) is 21.3. The molecule has 1 saturated heterocycles. The minimum Gasteiger partial charge on any atom is -0.316 e. The first kappa shape index (κ1) is 16.9. The summed E-state index contributed by atoms with van der Waals surface area (Å²) in [5.41, 5.74) is 0.427. The summed E-state index contributed by atoms with van der Waals surface area (Å²) in [7, 11) is 0. The zero-order valence-electron chi connectivity index (χ0n) is 13.8. The third-order valence-corrected chi connectivity index (χ3v) is 4.35. The fourth-order valence-electron chi connectivity index (χ4n) is 2.91. The number of nitrogens with zero attached hydrogens (tertiary/aromatic N) is 2. The van der Waals surface area contributed by atoms with Crippen LogP contribution in [-0.4, -0.2) is 62.2 Å². The second-order valence-corrected chi connectivity index (χ2v) is 6.92. The van der Waals surface area contributed by atoms with Crippen LogP contribution >= 0.6 is 0 Å². The highest BCUT2D eigenvalue weighted by Gasteiger charge is 2.27. The summed E-state index contributed by atoms with van der Waals surface area (Å²) in [5, 5.41) is 3.53. The van der Waals surface area contributed by atoms with Gasteiger partial charge in [0.1, 0.15) is 0 Å². The predicted molar refractivity (Wildman–Crippen MR) is 84.7 cm³/mol. The van der Waals surface area contributed by atoms with Gasteiger partial charge < -0.3 is 15.1 Å². The van der Waals surface area contributed by atoms with Gasteiger partial charge in [-0.1, -0.05) is 34.6 Å². The molecule has 19 heavy (non-hydrogen) atoms. The third kappa shape index (κ3) is 6.24. The molecule has 0 aliphatic carbocycles. The quantitative estimate of drug-likeness (QED) is 0.729. The molecular formula is C16H35N3.